The number of aliphatic imine (C=N–C) groups is 1. The summed E-state index contributed by atoms with van der Waals surface area (Å²) in [6.07, 6.45) is 2.62. The van der Waals surface area contributed by atoms with Crippen molar-refractivity contribution in [1.29, 1.82) is 0 Å². The van der Waals surface area contributed by atoms with Gasteiger partial charge < -0.3 is 20.2 Å². The van der Waals surface area contributed by atoms with Crippen molar-refractivity contribution in [3.63, 3.8) is 0 Å². The molecule has 1 atom stereocenters. The lowest BCUT2D eigenvalue weighted by Crippen LogP contribution is -2.44. The first-order chi connectivity index (χ1) is 12.7. The summed E-state index contributed by atoms with van der Waals surface area (Å²) in [5.74, 6) is 0.951. The van der Waals surface area contributed by atoms with Crippen LogP contribution in [-0.2, 0) is 22.2 Å². The third-order valence-electron chi connectivity index (χ3n) is 3.72. The van der Waals surface area contributed by atoms with E-state index in [4.69, 9.17) is 4.42 Å². The highest BCUT2D eigenvalue weighted by Gasteiger charge is 2.26. The summed E-state index contributed by atoms with van der Waals surface area (Å²) in [5, 5.41) is 16.7. The second-order valence-electron chi connectivity index (χ2n) is 6.33. The van der Waals surface area contributed by atoms with E-state index < -0.39 is 15.6 Å². The molecule has 4 N–H and O–H groups in total. The Morgan fingerprint density at radius 1 is 1.21 bits per heavy atom. The minimum atomic E-state index is -3.38. The third kappa shape index (κ3) is 7.68. The van der Waals surface area contributed by atoms with Gasteiger partial charge in [-0.2, -0.15) is 0 Å². The Balaban J connectivity index is 0.00000392. The third-order valence-corrected chi connectivity index (χ3v) is 4.31. The number of guanidine groups is 1. The number of rotatable bonds is 8. The Labute approximate surface area is 182 Å². The fourth-order valence-electron chi connectivity index (χ4n) is 2.39. The molecule has 1 heterocycles. The average molecular weight is 522 g/mol. The van der Waals surface area contributed by atoms with E-state index in [0.717, 1.165) is 11.8 Å². The number of furan rings is 1. The lowest BCUT2D eigenvalue weighted by molar-refractivity contribution is 0.0386. The lowest BCUT2D eigenvalue weighted by Gasteiger charge is -2.22. The zero-order chi connectivity index (χ0) is 19.9. The minimum absolute atomic E-state index is 0. The van der Waals surface area contributed by atoms with Crippen molar-refractivity contribution >= 4 is 45.6 Å². The molecule has 0 fully saturated rings. The molecule has 0 radical (unpaired) electrons. The van der Waals surface area contributed by atoms with Gasteiger partial charge in [-0.3, -0.25) is 4.72 Å². The molecule has 0 amide bonds. The van der Waals surface area contributed by atoms with Gasteiger partial charge in [-0.05, 0) is 37.6 Å². The number of nitrogens with zero attached hydrogens (tertiary/aromatic N) is 1. The van der Waals surface area contributed by atoms with Crippen LogP contribution in [-0.4, -0.2) is 38.8 Å². The minimum Gasteiger partial charge on any atom is -0.466 e. The van der Waals surface area contributed by atoms with Crippen LogP contribution in [0.5, 0.6) is 0 Å². The number of anilines is 1. The highest BCUT2D eigenvalue weighted by Crippen LogP contribution is 2.20. The summed E-state index contributed by atoms with van der Waals surface area (Å²) in [7, 11) is -3.38. The number of para-hydroxylation sites is 1. The molecule has 28 heavy (non-hydrogen) atoms. The maximum absolute atomic E-state index is 11.5. The molecule has 0 aliphatic carbocycles. The fourth-order valence-corrected chi connectivity index (χ4v) is 2.99. The van der Waals surface area contributed by atoms with Crippen molar-refractivity contribution in [2.45, 2.75) is 26.0 Å². The standard InChI is InChI=1S/C18H26N4O4S.HI/c1-4-19-17(21-13-18(2,23)16-10-7-11-26-16)20-12-14-8-5-6-9-15(14)22-27(3,24)25;/h5-11,22-23H,4,12-13H2,1-3H3,(H2,19,20,21);1H. The molecule has 1 unspecified atom stereocenters. The van der Waals surface area contributed by atoms with Crippen LogP contribution in [0.15, 0.2) is 52.1 Å². The van der Waals surface area contributed by atoms with Crippen LogP contribution in [0.4, 0.5) is 5.69 Å². The Kier molecular flexibility index (Phi) is 9.24. The maximum Gasteiger partial charge on any atom is 0.229 e. The van der Waals surface area contributed by atoms with Gasteiger partial charge in [-0.15, -0.1) is 24.0 Å². The van der Waals surface area contributed by atoms with Crippen LogP contribution in [0.25, 0.3) is 0 Å². The van der Waals surface area contributed by atoms with Crippen molar-refractivity contribution in [3.8, 4) is 0 Å². The smallest absolute Gasteiger partial charge is 0.229 e. The normalized spacial score (nSPS) is 13.9. The van der Waals surface area contributed by atoms with E-state index in [1.807, 2.05) is 13.0 Å². The largest absolute Gasteiger partial charge is 0.466 e. The van der Waals surface area contributed by atoms with E-state index in [1.165, 1.54) is 6.26 Å². The molecular weight excluding hydrogens is 495 g/mol. The summed E-state index contributed by atoms with van der Waals surface area (Å²) >= 11 is 0. The molecule has 2 aromatic rings. The van der Waals surface area contributed by atoms with Gasteiger partial charge in [0.05, 0.1) is 31.3 Å². The summed E-state index contributed by atoms with van der Waals surface area (Å²) < 4.78 is 30.8. The quantitative estimate of drug-likeness (QED) is 0.240. The van der Waals surface area contributed by atoms with Crippen molar-refractivity contribution in [3.05, 3.63) is 54.0 Å². The topological polar surface area (TPSA) is 116 Å². The molecule has 8 nitrogen and oxygen atoms in total. The Hall–Kier alpha value is -1.79. The van der Waals surface area contributed by atoms with Crippen LogP contribution in [0, 0.1) is 0 Å². The van der Waals surface area contributed by atoms with Crippen LogP contribution in [0.1, 0.15) is 25.2 Å². The van der Waals surface area contributed by atoms with Crippen LogP contribution in [0.3, 0.4) is 0 Å². The number of benzene rings is 1. The predicted octanol–water partition coefficient (Wildman–Crippen LogP) is 2.23. The van der Waals surface area contributed by atoms with E-state index in [-0.39, 0.29) is 37.1 Å². The van der Waals surface area contributed by atoms with E-state index in [1.54, 1.807) is 37.3 Å². The molecule has 10 heteroatoms. The number of nitrogens with one attached hydrogen (secondary N) is 3. The molecule has 0 saturated heterocycles. The highest BCUT2D eigenvalue weighted by molar-refractivity contribution is 14.0. The second-order valence-corrected chi connectivity index (χ2v) is 8.08. The molecule has 1 aromatic carbocycles. The van der Waals surface area contributed by atoms with Crippen molar-refractivity contribution < 1.29 is 17.9 Å². The molecule has 0 aliphatic heterocycles. The zero-order valence-electron chi connectivity index (χ0n) is 16.1. The summed E-state index contributed by atoms with van der Waals surface area (Å²) in [4.78, 5) is 4.48. The van der Waals surface area contributed by atoms with Crippen LogP contribution >= 0.6 is 24.0 Å². The molecule has 156 valence electrons. The van der Waals surface area contributed by atoms with Crippen molar-refractivity contribution in [1.82, 2.24) is 10.6 Å². The van der Waals surface area contributed by atoms with Gasteiger partial charge in [0.2, 0.25) is 10.0 Å². The van der Waals surface area contributed by atoms with Crippen molar-refractivity contribution in [2.75, 3.05) is 24.1 Å². The zero-order valence-corrected chi connectivity index (χ0v) is 19.2. The van der Waals surface area contributed by atoms with Gasteiger partial charge in [-0.25, -0.2) is 13.4 Å². The summed E-state index contributed by atoms with van der Waals surface area (Å²) in [5.41, 5.74) is 0.0234. The molecule has 0 bridgehead atoms. The first-order valence-corrected chi connectivity index (χ1v) is 10.4. The predicted molar refractivity (Wildman–Crippen MR) is 121 cm³/mol. The number of sulfonamides is 1. The molecule has 2 rings (SSSR count). The molecule has 0 aliphatic rings. The summed E-state index contributed by atoms with van der Waals surface area (Å²) in [6.45, 7) is 4.67. The first-order valence-electron chi connectivity index (χ1n) is 8.55. The van der Waals surface area contributed by atoms with Crippen molar-refractivity contribution in [2.24, 2.45) is 4.99 Å². The fraction of sp³-hybridized carbons (Fsp3) is 0.389. The van der Waals surface area contributed by atoms with Gasteiger partial charge in [-0.1, -0.05) is 18.2 Å². The van der Waals surface area contributed by atoms with E-state index in [2.05, 4.69) is 20.3 Å². The SMILES string of the molecule is CCNC(=NCc1ccccc1NS(C)(=O)=O)NCC(C)(O)c1ccco1.I. The molecule has 0 saturated carbocycles. The Morgan fingerprint density at radius 3 is 2.54 bits per heavy atom. The first kappa shape index (κ1) is 24.2. The Bertz CT molecular complexity index is 867. The van der Waals surface area contributed by atoms with Crippen LogP contribution < -0.4 is 15.4 Å². The van der Waals surface area contributed by atoms with Gasteiger partial charge in [0.1, 0.15) is 11.4 Å². The number of hydrogen-bond donors (Lipinski definition) is 4. The summed E-state index contributed by atoms with van der Waals surface area (Å²) in [6, 6.07) is 10.5. The number of halogens is 1. The average Bonchev–Trinajstić information content (AvgIpc) is 3.13. The maximum atomic E-state index is 11.5. The van der Waals surface area contributed by atoms with Crippen LogP contribution in [0.2, 0.25) is 0 Å². The molecule has 0 spiro atoms. The molecule has 1 aromatic heterocycles. The highest BCUT2D eigenvalue weighted by atomic mass is 127. The Morgan fingerprint density at radius 2 is 1.93 bits per heavy atom. The second kappa shape index (κ2) is 10.7. The monoisotopic (exact) mass is 522 g/mol. The number of aliphatic hydroxyl groups is 1. The van der Waals surface area contributed by atoms with Gasteiger partial charge >= 0.3 is 0 Å². The number of hydrogen-bond acceptors (Lipinski definition) is 5. The van der Waals surface area contributed by atoms with Gasteiger partial charge in [0.15, 0.2) is 5.96 Å². The molecular formula is C18H27IN4O4S. The van der Waals surface area contributed by atoms with E-state index >= 15 is 0 Å². The lowest BCUT2D eigenvalue weighted by atomic mass is 10.0. The van der Waals surface area contributed by atoms with Gasteiger partial charge in [0, 0.05) is 6.54 Å². The van der Waals surface area contributed by atoms with Gasteiger partial charge in [0.25, 0.3) is 0 Å². The van der Waals surface area contributed by atoms with E-state index in [9.17, 15) is 13.5 Å². The van der Waals surface area contributed by atoms with E-state index in [0.29, 0.717) is 24.0 Å².